The standard InChI is InChI=1S/C20H28FN3O2/c1-7-24(8-2)13-14-12-15-16(21)10-9-11-17(15)22-18(14)23(6)19(25)26-20(3,4)5/h9-12H,7-8,13H2,1-6H3. The van der Waals surface area contributed by atoms with Gasteiger partial charge < -0.3 is 4.74 Å². The highest BCUT2D eigenvalue weighted by Gasteiger charge is 2.24. The molecule has 0 spiro atoms. The first-order valence-corrected chi connectivity index (χ1v) is 8.93. The van der Waals surface area contributed by atoms with Crippen LogP contribution in [-0.4, -0.2) is 41.7 Å². The number of amides is 1. The zero-order valence-corrected chi connectivity index (χ0v) is 16.5. The molecular weight excluding hydrogens is 333 g/mol. The van der Waals surface area contributed by atoms with Crippen LogP contribution < -0.4 is 4.90 Å². The summed E-state index contributed by atoms with van der Waals surface area (Å²) in [6.45, 7) is 11.9. The van der Waals surface area contributed by atoms with Crippen LogP contribution in [0.25, 0.3) is 10.9 Å². The van der Waals surface area contributed by atoms with E-state index in [1.807, 2.05) is 20.8 Å². The highest BCUT2D eigenvalue weighted by Crippen LogP contribution is 2.27. The summed E-state index contributed by atoms with van der Waals surface area (Å²) in [5.41, 5.74) is 0.700. The zero-order chi connectivity index (χ0) is 19.5. The Labute approximate surface area is 154 Å². The maximum Gasteiger partial charge on any atom is 0.415 e. The van der Waals surface area contributed by atoms with Crippen LogP contribution in [0.3, 0.4) is 0 Å². The van der Waals surface area contributed by atoms with Crippen LogP contribution in [0.15, 0.2) is 24.3 Å². The minimum Gasteiger partial charge on any atom is -0.443 e. The van der Waals surface area contributed by atoms with Gasteiger partial charge >= 0.3 is 6.09 Å². The number of anilines is 1. The van der Waals surface area contributed by atoms with Crippen LogP contribution in [0.5, 0.6) is 0 Å². The van der Waals surface area contributed by atoms with Gasteiger partial charge in [0.2, 0.25) is 0 Å². The lowest BCUT2D eigenvalue weighted by atomic mass is 10.1. The Balaban J connectivity index is 2.52. The summed E-state index contributed by atoms with van der Waals surface area (Å²) in [6.07, 6.45) is -0.485. The van der Waals surface area contributed by atoms with Crippen molar-refractivity contribution in [3.63, 3.8) is 0 Å². The molecule has 0 atom stereocenters. The monoisotopic (exact) mass is 361 g/mol. The highest BCUT2D eigenvalue weighted by atomic mass is 19.1. The van der Waals surface area contributed by atoms with Crippen molar-refractivity contribution >= 4 is 22.8 Å². The lowest BCUT2D eigenvalue weighted by Crippen LogP contribution is -2.35. The third kappa shape index (κ3) is 4.69. The van der Waals surface area contributed by atoms with E-state index in [0.717, 1.165) is 18.7 Å². The van der Waals surface area contributed by atoms with Crippen LogP contribution in [0.4, 0.5) is 15.0 Å². The second-order valence-electron chi connectivity index (χ2n) is 7.28. The van der Waals surface area contributed by atoms with Crippen molar-refractivity contribution in [3.05, 3.63) is 35.6 Å². The number of pyridine rings is 1. The number of halogens is 1. The van der Waals surface area contributed by atoms with E-state index in [1.54, 1.807) is 25.2 Å². The molecule has 0 bridgehead atoms. The van der Waals surface area contributed by atoms with Gasteiger partial charge in [-0.15, -0.1) is 0 Å². The molecule has 1 aromatic heterocycles. The number of benzene rings is 1. The molecule has 0 aliphatic carbocycles. The molecule has 0 aliphatic heterocycles. The van der Waals surface area contributed by atoms with Gasteiger partial charge in [0, 0.05) is 24.5 Å². The number of nitrogens with zero attached hydrogens (tertiary/aromatic N) is 3. The predicted octanol–water partition coefficient (Wildman–Crippen LogP) is 4.59. The van der Waals surface area contributed by atoms with Gasteiger partial charge in [-0.25, -0.2) is 14.2 Å². The summed E-state index contributed by atoms with van der Waals surface area (Å²) in [6, 6.07) is 6.56. The number of hydrogen-bond donors (Lipinski definition) is 0. The second kappa shape index (κ2) is 7.99. The number of aromatic nitrogens is 1. The third-order valence-electron chi connectivity index (χ3n) is 4.14. The third-order valence-corrected chi connectivity index (χ3v) is 4.14. The Hall–Kier alpha value is -2.21. The Kier molecular flexibility index (Phi) is 6.18. The molecule has 0 aliphatic rings. The van der Waals surface area contributed by atoms with E-state index < -0.39 is 11.7 Å². The van der Waals surface area contributed by atoms with Crippen molar-refractivity contribution in [3.8, 4) is 0 Å². The minimum atomic E-state index is -0.604. The topological polar surface area (TPSA) is 45.7 Å². The van der Waals surface area contributed by atoms with Gasteiger partial charge in [0.1, 0.15) is 17.2 Å². The fraction of sp³-hybridized carbons (Fsp3) is 0.500. The fourth-order valence-corrected chi connectivity index (χ4v) is 2.70. The number of ether oxygens (including phenoxy) is 1. The Morgan fingerprint density at radius 2 is 1.88 bits per heavy atom. The van der Waals surface area contributed by atoms with Crippen LogP contribution in [-0.2, 0) is 11.3 Å². The van der Waals surface area contributed by atoms with E-state index >= 15 is 0 Å². The van der Waals surface area contributed by atoms with Gasteiger partial charge in [-0.05, 0) is 52.1 Å². The number of hydrogen-bond acceptors (Lipinski definition) is 4. The molecule has 0 unspecified atom stereocenters. The molecule has 2 rings (SSSR count). The van der Waals surface area contributed by atoms with Crippen LogP contribution in [0.1, 0.15) is 40.2 Å². The molecular formula is C20H28FN3O2. The maximum absolute atomic E-state index is 14.2. The first-order valence-electron chi connectivity index (χ1n) is 8.93. The first kappa shape index (κ1) is 20.1. The maximum atomic E-state index is 14.2. The van der Waals surface area contributed by atoms with Crippen LogP contribution in [0.2, 0.25) is 0 Å². The Bertz CT molecular complexity index is 782. The summed E-state index contributed by atoms with van der Waals surface area (Å²) in [5.74, 6) is 0.173. The molecule has 0 N–H and O–H groups in total. The minimum absolute atomic E-state index is 0.317. The van der Waals surface area contributed by atoms with E-state index in [9.17, 15) is 9.18 Å². The highest BCUT2D eigenvalue weighted by molar-refractivity contribution is 5.90. The second-order valence-corrected chi connectivity index (χ2v) is 7.28. The number of rotatable bonds is 5. The summed E-state index contributed by atoms with van der Waals surface area (Å²) >= 11 is 0. The van der Waals surface area contributed by atoms with Gasteiger partial charge in [-0.2, -0.15) is 0 Å². The molecule has 26 heavy (non-hydrogen) atoms. The van der Waals surface area contributed by atoms with Gasteiger partial charge in [-0.1, -0.05) is 19.9 Å². The summed E-state index contributed by atoms with van der Waals surface area (Å²) < 4.78 is 19.7. The molecule has 6 heteroatoms. The van der Waals surface area contributed by atoms with E-state index in [2.05, 4.69) is 23.7 Å². The van der Waals surface area contributed by atoms with Crippen molar-refractivity contribution in [1.29, 1.82) is 0 Å². The number of fused-ring (bicyclic) bond motifs is 1. The molecule has 0 saturated heterocycles. The molecule has 1 aromatic carbocycles. The smallest absolute Gasteiger partial charge is 0.415 e. The van der Waals surface area contributed by atoms with Gasteiger partial charge in [0.05, 0.1) is 5.52 Å². The molecule has 1 heterocycles. The van der Waals surface area contributed by atoms with Crippen LogP contribution >= 0.6 is 0 Å². The molecule has 5 nitrogen and oxygen atoms in total. The van der Waals surface area contributed by atoms with E-state index in [0.29, 0.717) is 23.3 Å². The van der Waals surface area contributed by atoms with Gasteiger partial charge in [0.25, 0.3) is 0 Å². The van der Waals surface area contributed by atoms with Crippen LogP contribution in [0, 0.1) is 5.82 Å². The Morgan fingerprint density at radius 3 is 2.46 bits per heavy atom. The van der Waals surface area contributed by atoms with Gasteiger partial charge in [-0.3, -0.25) is 9.80 Å². The fourth-order valence-electron chi connectivity index (χ4n) is 2.70. The van der Waals surface area contributed by atoms with Gasteiger partial charge in [0.15, 0.2) is 0 Å². The van der Waals surface area contributed by atoms with Crippen molar-refractivity contribution in [1.82, 2.24) is 9.88 Å². The largest absolute Gasteiger partial charge is 0.443 e. The van der Waals surface area contributed by atoms with E-state index in [1.165, 1.54) is 11.0 Å². The molecule has 2 aromatic rings. The lowest BCUT2D eigenvalue weighted by molar-refractivity contribution is 0.0588. The SMILES string of the molecule is CCN(CC)Cc1cc2c(F)cccc2nc1N(C)C(=O)OC(C)(C)C. The first-order chi connectivity index (χ1) is 12.2. The lowest BCUT2D eigenvalue weighted by Gasteiger charge is -2.27. The summed E-state index contributed by atoms with van der Waals surface area (Å²) in [5, 5.41) is 0.455. The average molecular weight is 361 g/mol. The summed E-state index contributed by atoms with van der Waals surface area (Å²) in [4.78, 5) is 20.7. The van der Waals surface area contributed by atoms with E-state index in [-0.39, 0.29) is 5.82 Å². The molecule has 0 radical (unpaired) electrons. The number of carbonyl (C=O) groups is 1. The van der Waals surface area contributed by atoms with E-state index in [4.69, 9.17) is 4.74 Å². The number of carbonyl (C=O) groups excluding carboxylic acids is 1. The quantitative estimate of drug-likeness (QED) is 0.781. The van der Waals surface area contributed by atoms with Crippen molar-refractivity contribution in [2.45, 2.75) is 46.8 Å². The summed E-state index contributed by atoms with van der Waals surface area (Å²) in [7, 11) is 1.63. The average Bonchev–Trinajstić information content (AvgIpc) is 2.57. The molecule has 0 saturated carbocycles. The molecule has 1 amide bonds. The predicted molar refractivity (Wildman–Crippen MR) is 103 cm³/mol. The zero-order valence-electron chi connectivity index (χ0n) is 16.5. The van der Waals surface area contributed by atoms with Crippen molar-refractivity contribution < 1.29 is 13.9 Å². The van der Waals surface area contributed by atoms with Crippen molar-refractivity contribution in [2.24, 2.45) is 0 Å². The molecule has 142 valence electrons. The van der Waals surface area contributed by atoms with Crippen molar-refractivity contribution in [2.75, 3.05) is 25.0 Å². The Morgan fingerprint density at radius 1 is 1.23 bits per heavy atom. The normalized spacial score (nSPS) is 11.8. The molecule has 0 fully saturated rings.